The molecule has 1 nitrogen and oxygen atoms in total. The maximum Gasteiger partial charge on any atom is 0.138 e. The number of hydrogen-bond acceptors (Lipinski definition) is 1. The minimum Gasteiger partial charge on any atom is -0.456 e. The van der Waals surface area contributed by atoms with Crippen LogP contribution in [0.5, 0.6) is 5.75 Å². The van der Waals surface area contributed by atoms with Crippen molar-refractivity contribution in [2.45, 2.75) is 12.8 Å². The van der Waals surface area contributed by atoms with Crippen LogP contribution in [0.3, 0.4) is 0 Å². The van der Waals surface area contributed by atoms with E-state index in [0.717, 1.165) is 24.4 Å². The predicted molar refractivity (Wildman–Crippen MR) is 113 cm³/mol. The van der Waals surface area contributed by atoms with Crippen molar-refractivity contribution in [1.29, 1.82) is 0 Å². The zero-order valence-corrected chi connectivity index (χ0v) is 14.9. The fourth-order valence-electron chi connectivity index (χ4n) is 4.54. The third kappa shape index (κ3) is 2.12. The summed E-state index contributed by atoms with van der Waals surface area (Å²) in [4.78, 5) is 0. The van der Waals surface area contributed by atoms with Crippen LogP contribution in [0.15, 0.2) is 90.7 Å². The number of fused-ring (bicyclic) bond motifs is 3. The average Bonchev–Trinajstić information content (AvgIpc) is 2.74. The summed E-state index contributed by atoms with van der Waals surface area (Å²) in [5, 5.41) is 5.05. The highest BCUT2D eigenvalue weighted by atomic mass is 16.5. The van der Waals surface area contributed by atoms with Crippen molar-refractivity contribution in [3.8, 4) is 5.75 Å². The second-order valence-electron chi connectivity index (χ2n) is 7.26. The van der Waals surface area contributed by atoms with Crippen molar-refractivity contribution >= 4 is 32.7 Å². The normalized spacial score (nSPS) is 15.5. The SMILES string of the molecule is C1=C(c2ccccc2)C2=C(CC1)c1cccc3c1c(cc1ccccc13)O2. The van der Waals surface area contributed by atoms with Crippen molar-refractivity contribution in [2.75, 3.05) is 0 Å². The lowest BCUT2D eigenvalue weighted by atomic mass is 9.84. The third-order valence-corrected chi connectivity index (χ3v) is 5.73. The Labute approximate surface area is 158 Å². The van der Waals surface area contributed by atoms with Crippen molar-refractivity contribution in [3.63, 3.8) is 0 Å². The quantitative estimate of drug-likeness (QED) is 0.338. The van der Waals surface area contributed by atoms with Gasteiger partial charge in [-0.1, -0.05) is 78.9 Å². The lowest BCUT2D eigenvalue weighted by molar-refractivity contribution is 0.450. The van der Waals surface area contributed by atoms with Crippen LogP contribution in [0.1, 0.15) is 24.0 Å². The molecule has 1 aliphatic carbocycles. The van der Waals surface area contributed by atoms with Crippen molar-refractivity contribution in [2.24, 2.45) is 0 Å². The number of ether oxygens (including phenoxy) is 1. The second kappa shape index (κ2) is 5.59. The molecule has 0 aromatic heterocycles. The summed E-state index contributed by atoms with van der Waals surface area (Å²) in [6, 6.07) is 28.0. The molecule has 4 aromatic carbocycles. The zero-order chi connectivity index (χ0) is 17.8. The van der Waals surface area contributed by atoms with Gasteiger partial charge in [-0.15, -0.1) is 0 Å². The Morgan fingerprint density at radius 1 is 0.741 bits per heavy atom. The van der Waals surface area contributed by atoms with Gasteiger partial charge in [0.2, 0.25) is 0 Å². The molecule has 1 heteroatoms. The van der Waals surface area contributed by atoms with Gasteiger partial charge < -0.3 is 4.74 Å². The molecule has 2 aliphatic rings. The highest BCUT2D eigenvalue weighted by molar-refractivity contribution is 6.15. The van der Waals surface area contributed by atoms with Crippen LogP contribution >= 0.6 is 0 Å². The van der Waals surface area contributed by atoms with Gasteiger partial charge in [-0.2, -0.15) is 0 Å². The molecule has 0 spiro atoms. The minimum absolute atomic E-state index is 0.974. The van der Waals surface area contributed by atoms with Crippen LogP contribution in [-0.4, -0.2) is 0 Å². The van der Waals surface area contributed by atoms with E-state index in [1.54, 1.807) is 0 Å². The Balaban J connectivity index is 1.66. The minimum atomic E-state index is 0.974. The molecule has 0 bridgehead atoms. The molecule has 128 valence electrons. The van der Waals surface area contributed by atoms with Crippen LogP contribution in [0, 0.1) is 0 Å². The summed E-state index contributed by atoms with van der Waals surface area (Å²) < 4.78 is 6.59. The van der Waals surface area contributed by atoms with E-state index in [9.17, 15) is 0 Å². The first kappa shape index (κ1) is 14.8. The molecule has 0 saturated carbocycles. The largest absolute Gasteiger partial charge is 0.456 e. The van der Waals surface area contributed by atoms with Gasteiger partial charge in [0.25, 0.3) is 0 Å². The Hall–Kier alpha value is -3.32. The van der Waals surface area contributed by atoms with Crippen LogP contribution in [0.25, 0.3) is 32.7 Å². The van der Waals surface area contributed by atoms with E-state index in [1.807, 2.05) is 0 Å². The molecule has 27 heavy (non-hydrogen) atoms. The molecule has 1 aliphatic heterocycles. The highest BCUT2D eigenvalue weighted by Gasteiger charge is 2.28. The molecule has 1 heterocycles. The fourth-order valence-corrected chi connectivity index (χ4v) is 4.54. The van der Waals surface area contributed by atoms with E-state index in [0.29, 0.717) is 0 Å². The topological polar surface area (TPSA) is 9.23 Å². The first-order valence-electron chi connectivity index (χ1n) is 9.52. The molecule has 0 unspecified atom stereocenters. The first-order valence-corrected chi connectivity index (χ1v) is 9.52. The number of allylic oxidation sites excluding steroid dienone is 3. The highest BCUT2D eigenvalue weighted by Crippen LogP contribution is 2.48. The molecule has 0 N–H and O–H groups in total. The zero-order valence-electron chi connectivity index (χ0n) is 14.9. The van der Waals surface area contributed by atoms with Crippen LogP contribution in [0.4, 0.5) is 0 Å². The first-order chi connectivity index (χ1) is 13.4. The van der Waals surface area contributed by atoms with Crippen molar-refractivity contribution in [1.82, 2.24) is 0 Å². The number of hydrogen-bond donors (Lipinski definition) is 0. The Morgan fingerprint density at radius 2 is 1.56 bits per heavy atom. The summed E-state index contributed by atoms with van der Waals surface area (Å²) in [5.74, 6) is 2.00. The van der Waals surface area contributed by atoms with Crippen LogP contribution in [0.2, 0.25) is 0 Å². The van der Waals surface area contributed by atoms with Gasteiger partial charge in [-0.05, 0) is 46.2 Å². The van der Waals surface area contributed by atoms with Gasteiger partial charge in [0.1, 0.15) is 11.5 Å². The number of rotatable bonds is 1. The predicted octanol–water partition coefficient (Wildman–Crippen LogP) is 6.97. The van der Waals surface area contributed by atoms with Gasteiger partial charge in [0.05, 0.1) is 0 Å². The molecule has 0 atom stereocenters. The second-order valence-corrected chi connectivity index (χ2v) is 7.26. The average molecular weight is 346 g/mol. The van der Waals surface area contributed by atoms with Crippen LogP contribution in [-0.2, 0) is 0 Å². The van der Waals surface area contributed by atoms with Gasteiger partial charge in [-0.3, -0.25) is 0 Å². The molecule has 0 amide bonds. The lowest BCUT2D eigenvalue weighted by Gasteiger charge is -2.29. The van der Waals surface area contributed by atoms with E-state index in [1.165, 1.54) is 43.8 Å². The molecule has 6 rings (SSSR count). The summed E-state index contributed by atoms with van der Waals surface area (Å²) >= 11 is 0. The maximum atomic E-state index is 6.59. The van der Waals surface area contributed by atoms with E-state index in [2.05, 4.69) is 84.9 Å². The molecule has 0 radical (unpaired) electrons. The van der Waals surface area contributed by atoms with E-state index < -0.39 is 0 Å². The van der Waals surface area contributed by atoms with Gasteiger partial charge in [0.15, 0.2) is 0 Å². The maximum absolute atomic E-state index is 6.59. The summed E-state index contributed by atoms with van der Waals surface area (Å²) in [6.45, 7) is 0. The van der Waals surface area contributed by atoms with Crippen molar-refractivity contribution < 1.29 is 4.74 Å². The molecular formula is C26H18O. The van der Waals surface area contributed by atoms with E-state index in [-0.39, 0.29) is 0 Å². The van der Waals surface area contributed by atoms with E-state index in [4.69, 9.17) is 4.74 Å². The molecule has 4 aromatic rings. The van der Waals surface area contributed by atoms with Crippen LogP contribution < -0.4 is 4.74 Å². The monoisotopic (exact) mass is 346 g/mol. The lowest BCUT2D eigenvalue weighted by Crippen LogP contribution is -2.11. The summed E-state index contributed by atoms with van der Waals surface area (Å²) in [5.41, 5.74) is 5.11. The Kier molecular flexibility index (Phi) is 3.06. The third-order valence-electron chi connectivity index (χ3n) is 5.73. The van der Waals surface area contributed by atoms with Crippen molar-refractivity contribution in [3.05, 3.63) is 102 Å². The number of benzene rings is 4. The Bertz CT molecular complexity index is 1280. The van der Waals surface area contributed by atoms with Gasteiger partial charge >= 0.3 is 0 Å². The smallest absolute Gasteiger partial charge is 0.138 e. The molecule has 0 saturated heterocycles. The standard InChI is InChI=1S/C26H18O/c1-2-8-17(9-3-1)20-12-6-15-23-22-14-7-13-21-19-11-5-4-10-18(19)16-24(25(21)22)27-26(20)23/h1-5,7-14,16H,6,15H2. The summed E-state index contributed by atoms with van der Waals surface area (Å²) in [7, 11) is 0. The van der Waals surface area contributed by atoms with Gasteiger partial charge in [-0.25, -0.2) is 0 Å². The van der Waals surface area contributed by atoms with Gasteiger partial charge in [0, 0.05) is 16.5 Å². The summed E-state index contributed by atoms with van der Waals surface area (Å²) in [6.07, 6.45) is 4.39. The molecular weight excluding hydrogens is 328 g/mol. The molecule has 0 fully saturated rings. The Morgan fingerprint density at radius 3 is 2.48 bits per heavy atom. The van der Waals surface area contributed by atoms with E-state index >= 15 is 0 Å². The fraction of sp³-hybridized carbons (Fsp3) is 0.0769.